The van der Waals surface area contributed by atoms with Crippen LogP contribution in [0.15, 0.2) is 18.5 Å². The Morgan fingerprint density at radius 2 is 2.40 bits per heavy atom. The van der Waals surface area contributed by atoms with Crippen molar-refractivity contribution in [2.45, 2.75) is 26.4 Å². The van der Waals surface area contributed by atoms with Gasteiger partial charge in [-0.15, -0.1) is 0 Å². The van der Waals surface area contributed by atoms with Crippen LogP contribution in [0.1, 0.15) is 18.1 Å². The first-order valence-electron chi connectivity index (χ1n) is 4.86. The lowest BCUT2D eigenvalue weighted by Crippen LogP contribution is -2.34. The molecule has 0 saturated carbocycles. The number of aromatic nitrogens is 1. The molecule has 0 aliphatic carbocycles. The highest BCUT2D eigenvalue weighted by Crippen LogP contribution is 2.04. The molecule has 4 heteroatoms. The van der Waals surface area contributed by atoms with Crippen LogP contribution in [0.5, 0.6) is 0 Å². The summed E-state index contributed by atoms with van der Waals surface area (Å²) in [6.45, 7) is 4.41. The molecule has 1 heterocycles. The maximum atomic E-state index is 11.1. The van der Waals surface area contributed by atoms with Crippen LogP contribution in [0.25, 0.3) is 0 Å². The van der Waals surface area contributed by atoms with E-state index in [2.05, 4.69) is 15.0 Å². The molecule has 0 spiro atoms. The zero-order valence-corrected chi connectivity index (χ0v) is 9.28. The SMILES string of the molecule is COC(=O)[C@H](C)NCc1cnccc1C. The van der Waals surface area contributed by atoms with Crippen molar-refractivity contribution >= 4 is 5.97 Å². The molecule has 4 nitrogen and oxygen atoms in total. The molecule has 0 saturated heterocycles. The van der Waals surface area contributed by atoms with Crippen molar-refractivity contribution < 1.29 is 9.53 Å². The topological polar surface area (TPSA) is 51.2 Å². The lowest BCUT2D eigenvalue weighted by molar-refractivity contribution is -0.142. The van der Waals surface area contributed by atoms with E-state index in [1.165, 1.54) is 7.11 Å². The van der Waals surface area contributed by atoms with Gasteiger partial charge in [-0.3, -0.25) is 9.78 Å². The molecule has 0 aliphatic rings. The smallest absolute Gasteiger partial charge is 0.322 e. The van der Waals surface area contributed by atoms with E-state index < -0.39 is 0 Å². The van der Waals surface area contributed by atoms with Crippen molar-refractivity contribution in [3.05, 3.63) is 29.6 Å². The summed E-state index contributed by atoms with van der Waals surface area (Å²) in [5.74, 6) is -0.253. The van der Waals surface area contributed by atoms with Crippen LogP contribution < -0.4 is 5.32 Å². The zero-order valence-electron chi connectivity index (χ0n) is 9.28. The van der Waals surface area contributed by atoms with Gasteiger partial charge in [-0.05, 0) is 31.0 Å². The second kappa shape index (κ2) is 5.46. The largest absolute Gasteiger partial charge is 0.468 e. The van der Waals surface area contributed by atoms with Gasteiger partial charge in [-0.2, -0.15) is 0 Å². The van der Waals surface area contributed by atoms with E-state index in [0.29, 0.717) is 6.54 Å². The van der Waals surface area contributed by atoms with E-state index in [0.717, 1.165) is 11.1 Å². The highest BCUT2D eigenvalue weighted by Gasteiger charge is 2.11. The molecule has 1 rings (SSSR count). The number of pyridine rings is 1. The molecule has 0 unspecified atom stereocenters. The first kappa shape index (κ1) is 11.7. The van der Waals surface area contributed by atoms with Gasteiger partial charge in [0.1, 0.15) is 6.04 Å². The summed E-state index contributed by atoms with van der Waals surface area (Å²) in [5, 5.41) is 3.08. The molecular formula is C11H16N2O2. The van der Waals surface area contributed by atoms with Crippen molar-refractivity contribution in [1.82, 2.24) is 10.3 Å². The normalized spacial score (nSPS) is 12.2. The summed E-state index contributed by atoms with van der Waals surface area (Å²) in [6, 6.07) is 1.65. The van der Waals surface area contributed by atoms with E-state index in [4.69, 9.17) is 0 Å². The fraction of sp³-hybridized carbons (Fsp3) is 0.455. The lowest BCUT2D eigenvalue weighted by Gasteiger charge is -2.12. The van der Waals surface area contributed by atoms with E-state index in [-0.39, 0.29) is 12.0 Å². The molecule has 0 aromatic carbocycles. The molecular weight excluding hydrogens is 192 g/mol. The van der Waals surface area contributed by atoms with Crippen molar-refractivity contribution in [3.63, 3.8) is 0 Å². The number of rotatable bonds is 4. The highest BCUT2D eigenvalue weighted by molar-refractivity contribution is 5.75. The maximum absolute atomic E-state index is 11.1. The van der Waals surface area contributed by atoms with E-state index in [9.17, 15) is 4.79 Å². The van der Waals surface area contributed by atoms with E-state index in [1.54, 1.807) is 19.3 Å². The average Bonchev–Trinajstić information content (AvgIpc) is 2.26. The maximum Gasteiger partial charge on any atom is 0.322 e. The lowest BCUT2D eigenvalue weighted by atomic mass is 10.1. The van der Waals surface area contributed by atoms with Gasteiger partial charge in [-0.1, -0.05) is 0 Å². The van der Waals surface area contributed by atoms with Crippen molar-refractivity contribution in [3.8, 4) is 0 Å². The summed E-state index contributed by atoms with van der Waals surface area (Å²) in [5.41, 5.74) is 2.25. The molecule has 1 N–H and O–H groups in total. The minimum absolute atomic E-state index is 0.253. The number of aryl methyl sites for hydroxylation is 1. The number of carbonyl (C=O) groups excluding carboxylic acids is 1. The fourth-order valence-electron chi connectivity index (χ4n) is 1.20. The average molecular weight is 208 g/mol. The summed E-state index contributed by atoms with van der Waals surface area (Å²) in [4.78, 5) is 15.1. The standard InChI is InChI=1S/C11H16N2O2/c1-8-4-5-12-6-10(8)7-13-9(2)11(14)15-3/h4-6,9,13H,7H2,1-3H3/t9-/m0/s1. The Balaban J connectivity index is 2.50. The minimum atomic E-state index is -0.297. The second-order valence-corrected chi connectivity index (χ2v) is 3.43. The van der Waals surface area contributed by atoms with Crippen LogP contribution in [0, 0.1) is 6.92 Å². The Morgan fingerprint density at radius 1 is 1.67 bits per heavy atom. The van der Waals surface area contributed by atoms with Gasteiger partial charge in [0.05, 0.1) is 7.11 Å². The molecule has 0 amide bonds. The molecule has 1 atom stereocenters. The molecule has 15 heavy (non-hydrogen) atoms. The molecule has 82 valence electrons. The predicted molar refractivity (Wildman–Crippen MR) is 57.3 cm³/mol. The quantitative estimate of drug-likeness (QED) is 0.751. The number of nitrogens with one attached hydrogen (secondary N) is 1. The Bertz CT molecular complexity index is 339. The third kappa shape index (κ3) is 3.32. The van der Waals surface area contributed by atoms with Crippen LogP contribution in [-0.4, -0.2) is 24.1 Å². The van der Waals surface area contributed by atoms with Crippen LogP contribution >= 0.6 is 0 Å². The van der Waals surface area contributed by atoms with E-state index in [1.807, 2.05) is 13.0 Å². The van der Waals surface area contributed by atoms with Crippen LogP contribution in [0.4, 0.5) is 0 Å². The van der Waals surface area contributed by atoms with Gasteiger partial charge in [0.2, 0.25) is 0 Å². The number of hydrogen-bond donors (Lipinski definition) is 1. The Kier molecular flexibility index (Phi) is 4.24. The third-order valence-electron chi connectivity index (χ3n) is 2.30. The molecule has 0 bridgehead atoms. The first-order valence-corrected chi connectivity index (χ1v) is 4.86. The summed E-state index contributed by atoms with van der Waals surface area (Å²) in [7, 11) is 1.38. The third-order valence-corrected chi connectivity index (χ3v) is 2.30. The molecule has 0 radical (unpaired) electrons. The zero-order chi connectivity index (χ0) is 11.3. The highest BCUT2D eigenvalue weighted by atomic mass is 16.5. The number of nitrogens with zero attached hydrogens (tertiary/aromatic N) is 1. The van der Waals surface area contributed by atoms with Crippen LogP contribution in [0.2, 0.25) is 0 Å². The molecule has 0 fully saturated rings. The summed E-state index contributed by atoms with van der Waals surface area (Å²) >= 11 is 0. The first-order chi connectivity index (χ1) is 7.15. The monoisotopic (exact) mass is 208 g/mol. The van der Waals surface area contributed by atoms with Gasteiger partial charge >= 0.3 is 5.97 Å². The van der Waals surface area contributed by atoms with Crippen molar-refractivity contribution in [1.29, 1.82) is 0 Å². The van der Waals surface area contributed by atoms with Crippen LogP contribution in [0.3, 0.4) is 0 Å². The van der Waals surface area contributed by atoms with Crippen molar-refractivity contribution in [2.24, 2.45) is 0 Å². The van der Waals surface area contributed by atoms with Gasteiger partial charge in [0, 0.05) is 18.9 Å². The number of carbonyl (C=O) groups is 1. The Hall–Kier alpha value is -1.42. The summed E-state index contributed by atoms with van der Waals surface area (Å²) < 4.78 is 4.61. The van der Waals surface area contributed by atoms with Gasteiger partial charge in [0.15, 0.2) is 0 Å². The van der Waals surface area contributed by atoms with Gasteiger partial charge < -0.3 is 10.1 Å². The fourth-order valence-corrected chi connectivity index (χ4v) is 1.20. The van der Waals surface area contributed by atoms with Crippen LogP contribution in [-0.2, 0) is 16.1 Å². The summed E-state index contributed by atoms with van der Waals surface area (Å²) in [6.07, 6.45) is 3.55. The minimum Gasteiger partial charge on any atom is -0.468 e. The molecule has 1 aromatic rings. The predicted octanol–water partition coefficient (Wildman–Crippen LogP) is 1.04. The van der Waals surface area contributed by atoms with Crippen molar-refractivity contribution in [2.75, 3.05) is 7.11 Å². The number of esters is 1. The Labute approximate surface area is 89.7 Å². The number of ether oxygens (including phenoxy) is 1. The Morgan fingerprint density at radius 3 is 3.00 bits per heavy atom. The van der Waals surface area contributed by atoms with E-state index >= 15 is 0 Å². The molecule has 1 aromatic heterocycles. The number of methoxy groups -OCH3 is 1. The van der Waals surface area contributed by atoms with Gasteiger partial charge in [0.25, 0.3) is 0 Å². The second-order valence-electron chi connectivity index (χ2n) is 3.43. The number of hydrogen-bond acceptors (Lipinski definition) is 4. The molecule has 0 aliphatic heterocycles. The van der Waals surface area contributed by atoms with Gasteiger partial charge in [-0.25, -0.2) is 0 Å².